The summed E-state index contributed by atoms with van der Waals surface area (Å²) in [6.07, 6.45) is 3.83. The van der Waals surface area contributed by atoms with Gasteiger partial charge in [-0.2, -0.15) is 5.10 Å². The fourth-order valence-corrected chi connectivity index (χ4v) is 2.20. The number of rotatable bonds is 6. The molecule has 0 aliphatic heterocycles. The Balaban J connectivity index is 1.82. The number of hydrogen-bond donors (Lipinski definition) is 2. The third-order valence-corrected chi connectivity index (χ3v) is 3.49. The van der Waals surface area contributed by atoms with Gasteiger partial charge in [-0.1, -0.05) is 54.1 Å². The molecule has 0 fully saturated rings. The van der Waals surface area contributed by atoms with Crippen molar-refractivity contribution in [1.82, 2.24) is 5.43 Å². The zero-order valence-electron chi connectivity index (χ0n) is 14.3. The van der Waals surface area contributed by atoms with Gasteiger partial charge >= 0.3 is 0 Å². The molecule has 1 amide bonds. The van der Waals surface area contributed by atoms with E-state index in [9.17, 15) is 4.79 Å². The van der Waals surface area contributed by atoms with Gasteiger partial charge in [0.1, 0.15) is 0 Å². The number of hydrogen-bond acceptors (Lipinski definition) is 3. The molecule has 2 aromatic rings. The number of amides is 1. The third-order valence-electron chi connectivity index (χ3n) is 3.49. The molecule has 2 rings (SSSR count). The van der Waals surface area contributed by atoms with E-state index in [0.29, 0.717) is 0 Å². The quantitative estimate of drug-likeness (QED) is 0.626. The van der Waals surface area contributed by atoms with E-state index in [2.05, 4.69) is 21.9 Å². The van der Waals surface area contributed by atoms with Gasteiger partial charge in [-0.25, -0.2) is 5.43 Å². The Labute approximate surface area is 143 Å². The summed E-state index contributed by atoms with van der Waals surface area (Å²) in [5, 5.41) is 7.20. The van der Waals surface area contributed by atoms with E-state index >= 15 is 0 Å². The Morgan fingerprint density at radius 2 is 1.88 bits per heavy atom. The molecule has 0 saturated carbocycles. The molecular formula is C20H23N3O. The Bertz CT molecular complexity index is 749. The summed E-state index contributed by atoms with van der Waals surface area (Å²) in [5.74, 6) is -0.178. The molecule has 0 aliphatic carbocycles. The second kappa shape index (κ2) is 8.67. The number of nitrogens with zero attached hydrogens (tertiary/aromatic N) is 1. The molecule has 24 heavy (non-hydrogen) atoms. The highest BCUT2D eigenvalue weighted by Gasteiger charge is 2.02. The molecule has 4 heteroatoms. The molecule has 124 valence electrons. The van der Waals surface area contributed by atoms with Gasteiger partial charge in [0.15, 0.2) is 0 Å². The molecule has 0 aromatic heterocycles. The molecule has 0 spiro atoms. The molecule has 0 radical (unpaired) electrons. The van der Waals surface area contributed by atoms with Crippen LogP contribution in [0.4, 0.5) is 5.69 Å². The van der Waals surface area contributed by atoms with E-state index in [-0.39, 0.29) is 12.5 Å². The average Bonchev–Trinajstić information content (AvgIpc) is 2.58. The van der Waals surface area contributed by atoms with Crippen molar-refractivity contribution < 1.29 is 4.79 Å². The second-order valence-corrected chi connectivity index (χ2v) is 5.70. The van der Waals surface area contributed by atoms with E-state index in [1.165, 1.54) is 5.56 Å². The van der Waals surface area contributed by atoms with Crippen molar-refractivity contribution in [3.8, 4) is 0 Å². The first kappa shape index (κ1) is 17.5. The molecular weight excluding hydrogens is 298 g/mol. The fourth-order valence-electron chi connectivity index (χ4n) is 2.20. The lowest BCUT2D eigenvalue weighted by Crippen LogP contribution is -2.26. The molecule has 0 saturated heterocycles. The minimum absolute atomic E-state index is 0.178. The van der Waals surface area contributed by atoms with Crippen molar-refractivity contribution in [3.05, 3.63) is 71.3 Å². The highest BCUT2D eigenvalue weighted by atomic mass is 16.2. The van der Waals surface area contributed by atoms with Crippen molar-refractivity contribution in [2.45, 2.75) is 20.8 Å². The van der Waals surface area contributed by atoms with E-state index in [1.807, 2.05) is 75.4 Å². The SMILES string of the molecule is CC(/C=C\c1ccccc1)=N/NC(=O)CNc1ccc(C)cc1C. The van der Waals surface area contributed by atoms with Gasteiger partial charge in [0.25, 0.3) is 5.91 Å². The highest BCUT2D eigenvalue weighted by molar-refractivity contribution is 5.97. The Morgan fingerprint density at radius 3 is 2.58 bits per heavy atom. The van der Waals surface area contributed by atoms with E-state index in [4.69, 9.17) is 0 Å². The van der Waals surface area contributed by atoms with Crippen molar-refractivity contribution in [2.24, 2.45) is 5.10 Å². The Morgan fingerprint density at radius 1 is 1.12 bits per heavy atom. The van der Waals surface area contributed by atoms with Gasteiger partial charge < -0.3 is 5.32 Å². The van der Waals surface area contributed by atoms with Crippen LogP contribution in [0.15, 0.2) is 59.7 Å². The minimum Gasteiger partial charge on any atom is -0.376 e. The maximum atomic E-state index is 11.9. The van der Waals surface area contributed by atoms with Gasteiger partial charge in [-0.05, 0) is 44.0 Å². The standard InChI is InChI=1S/C20H23N3O/c1-15-9-12-19(16(2)13-15)21-14-20(24)23-22-17(3)10-11-18-7-5-4-6-8-18/h4-13,21H,14H2,1-3H3,(H,23,24)/b11-10-,22-17-. The number of carbonyl (C=O) groups is 1. The lowest BCUT2D eigenvalue weighted by atomic mass is 10.1. The van der Waals surface area contributed by atoms with Crippen molar-refractivity contribution in [3.63, 3.8) is 0 Å². The number of nitrogens with one attached hydrogen (secondary N) is 2. The molecule has 2 N–H and O–H groups in total. The van der Waals surface area contributed by atoms with E-state index < -0.39 is 0 Å². The van der Waals surface area contributed by atoms with Crippen LogP contribution in [0, 0.1) is 13.8 Å². The normalized spacial score (nSPS) is 11.5. The summed E-state index contributed by atoms with van der Waals surface area (Å²) in [6.45, 7) is 6.09. The average molecular weight is 321 g/mol. The van der Waals surface area contributed by atoms with Crippen LogP contribution < -0.4 is 10.7 Å². The van der Waals surface area contributed by atoms with E-state index in [1.54, 1.807) is 0 Å². The maximum absolute atomic E-state index is 11.9. The predicted octanol–water partition coefficient (Wildman–Crippen LogP) is 3.92. The lowest BCUT2D eigenvalue weighted by Gasteiger charge is -2.09. The van der Waals surface area contributed by atoms with Crippen molar-refractivity contribution in [1.29, 1.82) is 0 Å². The van der Waals surface area contributed by atoms with Gasteiger partial charge in [0.05, 0.1) is 12.3 Å². The number of aryl methyl sites for hydroxylation is 2. The number of carbonyl (C=O) groups excluding carboxylic acids is 1. The number of allylic oxidation sites excluding steroid dienone is 1. The number of benzene rings is 2. The summed E-state index contributed by atoms with van der Waals surface area (Å²) in [7, 11) is 0. The molecule has 4 nitrogen and oxygen atoms in total. The topological polar surface area (TPSA) is 53.5 Å². The molecule has 0 bridgehead atoms. The fraction of sp³-hybridized carbons (Fsp3) is 0.200. The Hall–Kier alpha value is -2.88. The molecule has 2 aromatic carbocycles. The monoisotopic (exact) mass is 321 g/mol. The van der Waals surface area contributed by atoms with Crippen molar-refractivity contribution >= 4 is 23.4 Å². The van der Waals surface area contributed by atoms with Crippen LogP contribution in [0.3, 0.4) is 0 Å². The Kier molecular flexibility index (Phi) is 6.32. The van der Waals surface area contributed by atoms with Crippen LogP contribution in [0.25, 0.3) is 6.08 Å². The minimum atomic E-state index is -0.178. The van der Waals surface area contributed by atoms with Crippen LogP contribution in [-0.4, -0.2) is 18.2 Å². The van der Waals surface area contributed by atoms with Crippen LogP contribution in [0.1, 0.15) is 23.6 Å². The van der Waals surface area contributed by atoms with Gasteiger partial charge in [0.2, 0.25) is 0 Å². The number of hydrazone groups is 1. The summed E-state index contributed by atoms with van der Waals surface area (Å²) < 4.78 is 0. The van der Waals surface area contributed by atoms with E-state index in [0.717, 1.165) is 22.5 Å². The third kappa shape index (κ3) is 5.72. The van der Waals surface area contributed by atoms with Crippen LogP contribution >= 0.6 is 0 Å². The summed E-state index contributed by atoms with van der Waals surface area (Å²) in [6, 6.07) is 16.0. The van der Waals surface area contributed by atoms with Crippen LogP contribution in [-0.2, 0) is 4.79 Å². The van der Waals surface area contributed by atoms with Gasteiger partial charge in [0, 0.05) is 5.69 Å². The van der Waals surface area contributed by atoms with Gasteiger partial charge in [-0.3, -0.25) is 4.79 Å². The predicted molar refractivity (Wildman–Crippen MR) is 101 cm³/mol. The smallest absolute Gasteiger partial charge is 0.259 e. The first-order valence-corrected chi connectivity index (χ1v) is 7.92. The molecule has 0 unspecified atom stereocenters. The van der Waals surface area contributed by atoms with Crippen LogP contribution in [0.2, 0.25) is 0 Å². The highest BCUT2D eigenvalue weighted by Crippen LogP contribution is 2.15. The first-order chi connectivity index (χ1) is 11.5. The van der Waals surface area contributed by atoms with Crippen molar-refractivity contribution in [2.75, 3.05) is 11.9 Å². The second-order valence-electron chi connectivity index (χ2n) is 5.70. The summed E-state index contributed by atoms with van der Waals surface area (Å²) in [4.78, 5) is 11.9. The summed E-state index contributed by atoms with van der Waals surface area (Å²) in [5.41, 5.74) is 7.66. The zero-order valence-corrected chi connectivity index (χ0v) is 14.3. The molecule has 0 heterocycles. The summed E-state index contributed by atoms with van der Waals surface area (Å²) >= 11 is 0. The first-order valence-electron chi connectivity index (χ1n) is 7.92. The van der Waals surface area contributed by atoms with Crippen LogP contribution in [0.5, 0.6) is 0 Å². The van der Waals surface area contributed by atoms with Gasteiger partial charge in [-0.15, -0.1) is 0 Å². The molecule has 0 atom stereocenters. The zero-order chi connectivity index (χ0) is 17.4. The number of anilines is 1. The lowest BCUT2D eigenvalue weighted by molar-refractivity contribution is -0.119. The maximum Gasteiger partial charge on any atom is 0.259 e. The molecule has 0 aliphatic rings. The largest absolute Gasteiger partial charge is 0.376 e.